The first kappa shape index (κ1) is 24.3. The number of oxazole rings is 1. The molecular weight excluding hydrogens is 470 g/mol. The Kier molecular flexibility index (Phi) is 7.40. The molecule has 1 amide bonds. The third-order valence-electron chi connectivity index (χ3n) is 5.79. The first-order valence-electron chi connectivity index (χ1n) is 11.0. The molecule has 1 aliphatic rings. The van der Waals surface area contributed by atoms with E-state index < -0.39 is 10.8 Å². The maximum absolute atomic E-state index is 12.8. The van der Waals surface area contributed by atoms with Crippen LogP contribution in [-0.2, 0) is 6.54 Å². The van der Waals surface area contributed by atoms with Gasteiger partial charge in [0.1, 0.15) is 5.52 Å². The molecule has 10 heteroatoms. The molecule has 4 aromatic rings. The quantitative estimate of drug-likeness (QED) is 0.300. The molecule has 1 fully saturated rings. The monoisotopic (exact) mass is 493 g/mol. The van der Waals surface area contributed by atoms with E-state index in [1.807, 2.05) is 24.3 Å². The van der Waals surface area contributed by atoms with Crippen LogP contribution >= 0.6 is 12.4 Å². The molecule has 0 atom stereocenters. The van der Waals surface area contributed by atoms with Gasteiger partial charge >= 0.3 is 0 Å². The number of fused-ring (bicyclic) bond motifs is 1. The first-order chi connectivity index (χ1) is 16.6. The Hall–Kier alpha value is -3.79. The minimum absolute atomic E-state index is 0. The van der Waals surface area contributed by atoms with E-state index in [1.54, 1.807) is 12.1 Å². The van der Waals surface area contributed by atoms with Crippen LogP contribution in [0.25, 0.3) is 22.6 Å². The number of para-hydroxylation sites is 1. The number of anilines is 1. The van der Waals surface area contributed by atoms with Crippen molar-refractivity contribution in [2.24, 2.45) is 0 Å². The molecule has 2 heterocycles. The van der Waals surface area contributed by atoms with Crippen molar-refractivity contribution < 1.29 is 14.1 Å². The normalized spacial score (nSPS) is 13.8. The molecule has 35 heavy (non-hydrogen) atoms. The van der Waals surface area contributed by atoms with Crippen molar-refractivity contribution in [2.45, 2.75) is 6.54 Å². The average molecular weight is 494 g/mol. The van der Waals surface area contributed by atoms with Crippen molar-refractivity contribution in [3.05, 3.63) is 88.0 Å². The van der Waals surface area contributed by atoms with Gasteiger partial charge in [-0.05, 0) is 35.9 Å². The van der Waals surface area contributed by atoms with Crippen molar-refractivity contribution in [1.29, 1.82) is 0 Å². The van der Waals surface area contributed by atoms with Gasteiger partial charge in [0, 0.05) is 50.4 Å². The van der Waals surface area contributed by atoms with Gasteiger partial charge in [-0.3, -0.25) is 19.8 Å². The maximum atomic E-state index is 12.8. The Bertz CT molecular complexity index is 1370. The lowest BCUT2D eigenvalue weighted by atomic mass is 10.1. The number of benzene rings is 3. The number of aromatic nitrogens is 1. The summed E-state index contributed by atoms with van der Waals surface area (Å²) in [5.41, 5.74) is 3.76. The second kappa shape index (κ2) is 10.6. The molecular formula is C25H24ClN5O4. The summed E-state index contributed by atoms with van der Waals surface area (Å²) in [7, 11) is 0. The lowest BCUT2D eigenvalue weighted by molar-refractivity contribution is -0.384. The summed E-state index contributed by atoms with van der Waals surface area (Å²) in [4.78, 5) is 30.3. The Morgan fingerprint density at radius 3 is 2.69 bits per heavy atom. The molecule has 0 aliphatic carbocycles. The minimum Gasteiger partial charge on any atom is -0.436 e. The maximum Gasteiger partial charge on any atom is 0.270 e. The van der Waals surface area contributed by atoms with Crippen LogP contribution in [0.5, 0.6) is 0 Å². The summed E-state index contributed by atoms with van der Waals surface area (Å²) in [5.74, 6) is -0.0603. The standard InChI is InChI=1S/C25H23N5O4.ClH/c31-24(18-4-3-5-19(15-18)30(32)33)27-21-7-2-1-6-20(21)25-28-22-9-8-17(14-23(22)34-25)16-29-12-10-26-11-13-29;/h1-9,14-15,26H,10-13,16H2,(H,27,31);1H. The van der Waals surface area contributed by atoms with Gasteiger partial charge in [-0.15, -0.1) is 12.4 Å². The Morgan fingerprint density at radius 2 is 1.89 bits per heavy atom. The highest BCUT2D eigenvalue weighted by Gasteiger charge is 2.17. The molecule has 3 aromatic carbocycles. The molecule has 1 aromatic heterocycles. The number of nitrogens with zero attached hydrogens (tertiary/aromatic N) is 3. The number of piperazine rings is 1. The van der Waals surface area contributed by atoms with Crippen LogP contribution in [-0.4, -0.2) is 46.9 Å². The van der Waals surface area contributed by atoms with Crippen molar-refractivity contribution >= 4 is 40.8 Å². The molecule has 0 spiro atoms. The number of non-ortho nitro benzene ring substituents is 1. The number of rotatable bonds is 6. The van der Waals surface area contributed by atoms with Crippen molar-refractivity contribution in [3.8, 4) is 11.5 Å². The van der Waals surface area contributed by atoms with Gasteiger partial charge in [0.25, 0.3) is 11.6 Å². The zero-order valence-electron chi connectivity index (χ0n) is 18.8. The predicted molar refractivity (Wildman–Crippen MR) is 136 cm³/mol. The molecule has 5 rings (SSSR count). The second-order valence-electron chi connectivity index (χ2n) is 8.15. The second-order valence-corrected chi connectivity index (χ2v) is 8.15. The highest BCUT2D eigenvalue weighted by atomic mass is 35.5. The van der Waals surface area contributed by atoms with E-state index >= 15 is 0 Å². The summed E-state index contributed by atoms with van der Waals surface area (Å²) in [6, 6.07) is 18.8. The highest BCUT2D eigenvalue weighted by Crippen LogP contribution is 2.31. The van der Waals surface area contributed by atoms with Gasteiger partial charge in [-0.1, -0.05) is 24.3 Å². The first-order valence-corrected chi connectivity index (χ1v) is 11.0. The van der Waals surface area contributed by atoms with E-state index in [4.69, 9.17) is 4.42 Å². The zero-order chi connectivity index (χ0) is 23.5. The molecule has 0 unspecified atom stereocenters. The Morgan fingerprint density at radius 1 is 1.09 bits per heavy atom. The van der Waals surface area contributed by atoms with Crippen molar-refractivity contribution in [1.82, 2.24) is 15.2 Å². The van der Waals surface area contributed by atoms with Crippen LogP contribution < -0.4 is 10.6 Å². The molecule has 0 bridgehead atoms. The molecule has 0 saturated carbocycles. The lowest BCUT2D eigenvalue weighted by Gasteiger charge is -2.27. The van der Waals surface area contributed by atoms with E-state index in [0.717, 1.165) is 43.8 Å². The van der Waals surface area contributed by atoms with Crippen LogP contribution in [0.4, 0.5) is 11.4 Å². The van der Waals surface area contributed by atoms with Crippen LogP contribution in [0.3, 0.4) is 0 Å². The Labute approximate surface area is 207 Å². The van der Waals surface area contributed by atoms with Crippen LogP contribution in [0.1, 0.15) is 15.9 Å². The number of carbonyl (C=O) groups excluding carboxylic acids is 1. The smallest absolute Gasteiger partial charge is 0.270 e. The number of hydrogen-bond acceptors (Lipinski definition) is 7. The van der Waals surface area contributed by atoms with E-state index in [2.05, 4.69) is 26.6 Å². The topological polar surface area (TPSA) is 114 Å². The number of amides is 1. The summed E-state index contributed by atoms with van der Waals surface area (Å²) in [6.07, 6.45) is 0. The molecule has 2 N–H and O–H groups in total. The van der Waals surface area contributed by atoms with Crippen LogP contribution in [0, 0.1) is 10.1 Å². The fraction of sp³-hybridized carbons (Fsp3) is 0.200. The molecule has 180 valence electrons. The summed E-state index contributed by atoms with van der Waals surface area (Å²) >= 11 is 0. The van der Waals surface area contributed by atoms with E-state index in [9.17, 15) is 14.9 Å². The van der Waals surface area contributed by atoms with E-state index in [-0.39, 0.29) is 23.7 Å². The van der Waals surface area contributed by atoms with E-state index in [0.29, 0.717) is 22.7 Å². The average Bonchev–Trinajstić information content (AvgIpc) is 3.28. The van der Waals surface area contributed by atoms with Gasteiger partial charge in [-0.25, -0.2) is 4.98 Å². The van der Waals surface area contributed by atoms with Crippen molar-refractivity contribution in [2.75, 3.05) is 31.5 Å². The third kappa shape index (κ3) is 5.48. The lowest BCUT2D eigenvalue weighted by Crippen LogP contribution is -2.42. The highest BCUT2D eigenvalue weighted by molar-refractivity contribution is 6.06. The van der Waals surface area contributed by atoms with E-state index in [1.165, 1.54) is 24.3 Å². The zero-order valence-corrected chi connectivity index (χ0v) is 19.6. The number of nitrogens with one attached hydrogen (secondary N) is 2. The fourth-order valence-electron chi connectivity index (χ4n) is 4.04. The van der Waals surface area contributed by atoms with Crippen LogP contribution in [0.2, 0.25) is 0 Å². The number of nitro benzene ring substituents is 1. The number of hydrogen-bond donors (Lipinski definition) is 2. The summed E-state index contributed by atoms with van der Waals surface area (Å²) in [5, 5.41) is 17.2. The minimum atomic E-state index is -0.528. The Balaban J connectivity index is 0.00000289. The molecule has 1 saturated heterocycles. The fourth-order valence-corrected chi connectivity index (χ4v) is 4.04. The van der Waals surface area contributed by atoms with Gasteiger partial charge in [-0.2, -0.15) is 0 Å². The number of nitro groups is 1. The molecule has 0 radical (unpaired) electrons. The van der Waals surface area contributed by atoms with Gasteiger partial charge < -0.3 is 15.1 Å². The SMILES string of the molecule is Cl.O=C(Nc1ccccc1-c1nc2ccc(CN3CCNCC3)cc2o1)c1cccc([N+](=O)[O-])c1. The number of carbonyl (C=O) groups is 1. The van der Waals surface area contributed by atoms with Gasteiger partial charge in [0.05, 0.1) is 16.2 Å². The van der Waals surface area contributed by atoms with Gasteiger partial charge in [0.2, 0.25) is 5.89 Å². The summed E-state index contributed by atoms with van der Waals surface area (Å²) in [6.45, 7) is 4.86. The largest absolute Gasteiger partial charge is 0.436 e. The van der Waals surface area contributed by atoms with Crippen LogP contribution in [0.15, 0.2) is 71.1 Å². The molecule has 1 aliphatic heterocycles. The van der Waals surface area contributed by atoms with Gasteiger partial charge in [0.15, 0.2) is 5.58 Å². The predicted octanol–water partition coefficient (Wildman–Crippen LogP) is 4.48. The summed E-state index contributed by atoms with van der Waals surface area (Å²) < 4.78 is 6.08. The number of halogens is 1. The van der Waals surface area contributed by atoms with Crippen molar-refractivity contribution in [3.63, 3.8) is 0 Å². The third-order valence-corrected chi connectivity index (χ3v) is 5.79. The molecule has 9 nitrogen and oxygen atoms in total.